The van der Waals surface area contributed by atoms with E-state index in [0.29, 0.717) is 19.5 Å². The molecule has 0 aromatic heterocycles. The molecule has 0 atom stereocenters. The maximum absolute atomic E-state index is 12.1. The monoisotopic (exact) mass is 368 g/mol. The van der Waals surface area contributed by atoms with Crippen molar-refractivity contribution in [3.63, 3.8) is 0 Å². The molecule has 1 aromatic carbocycles. The summed E-state index contributed by atoms with van der Waals surface area (Å²) in [5, 5.41) is 0. The number of carbonyl (C=O) groups excluding carboxylic acids is 1. The fourth-order valence-corrected chi connectivity index (χ4v) is 2.09. The number of rotatable bonds is 7. The van der Waals surface area contributed by atoms with Crippen LogP contribution in [0.25, 0.3) is 0 Å². The van der Waals surface area contributed by atoms with Gasteiger partial charge in [-0.25, -0.2) is 0 Å². The standard InChI is InChI=1S/C16H23F3N2O2.ClH/c1-15(2,10-20)11-21(3)14(22)9-6-12-4-7-13(8-5-12)23-16(17,18)19;/h4-5,7-8H,6,9-11,20H2,1-3H3;1H. The van der Waals surface area contributed by atoms with Gasteiger partial charge in [0.2, 0.25) is 5.91 Å². The minimum absolute atomic E-state index is 0. The van der Waals surface area contributed by atoms with E-state index in [1.165, 1.54) is 24.3 Å². The number of benzene rings is 1. The average Bonchev–Trinajstić information content (AvgIpc) is 2.44. The van der Waals surface area contributed by atoms with Crippen LogP contribution in [0.1, 0.15) is 25.8 Å². The number of aryl methyl sites for hydroxylation is 1. The Hall–Kier alpha value is -1.47. The predicted octanol–water partition coefficient (Wildman–Crippen LogP) is 3.38. The molecule has 2 N–H and O–H groups in total. The Morgan fingerprint density at radius 2 is 1.75 bits per heavy atom. The molecule has 0 unspecified atom stereocenters. The highest BCUT2D eigenvalue weighted by Gasteiger charge is 2.30. The molecule has 0 saturated heterocycles. The van der Waals surface area contributed by atoms with Crippen molar-refractivity contribution < 1.29 is 22.7 Å². The first-order valence-corrected chi connectivity index (χ1v) is 7.31. The number of halogens is 4. The van der Waals surface area contributed by atoms with Gasteiger partial charge < -0.3 is 15.4 Å². The molecule has 0 radical (unpaired) electrons. The maximum atomic E-state index is 12.1. The molecule has 1 amide bonds. The van der Waals surface area contributed by atoms with Crippen molar-refractivity contribution in [1.29, 1.82) is 0 Å². The second-order valence-corrected chi connectivity index (χ2v) is 6.31. The van der Waals surface area contributed by atoms with E-state index in [9.17, 15) is 18.0 Å². The molecular weight excluding hydrogens is 345 g/mol. The number of hydrogen-bond donors (Lipinski definition) is 1. The maximum Gasteiger partial charge on any atom is 0.573 e. The van der Waals surface area contributed by atoms with Gasteiger partial charge in [0.25, 0.3) is 0 Å². The molecule has 24 heavy (non-hydrogen) atoms. The number of amides is 1. The number of ether oxygens (including phenoxy) is 1. The Kier molecular flexibility index (Phi) is 8.57. The number of alkyl halides is 3. The lowest BCUT2D eigenvalue weighted by molar-refractivity contribution is -0.274. The van der Waals surface area contributed by atoms with Gasteiger partial charge in [-0.3, -0.25) is 4.79 Å². The molecule has 0 spiro atoms. The summed E-state index contributed by atoms with van der Waals surface area (Å²) in [6.07, 6.45) is -3.95. The highest BCUT2D eigenvalue weighted by molar-refractivity contribution is 5.85. The molecule has 1 rings (SSSR count). The van der Waals surface area contributed by atoms with Crippen molar-refractivity contribution in [1.82, 2.24) is 4.90 Å². The van der Waals surface area contributed by atoms with Gasteiger partial charge in [0, 0.05) is 20.0 Å². The second kappa shape index (κ2) is 9.13. The SMILES string of the molecule is CN(CC(C)(C)CN)C(=O)CCc1ccc(OC(F)(F)F)cc1.Cl. The van der Waals surface area contributed by atoms with Crippen molar-refractivity contribution in [3.05, 3.63) is 29.8 Å². The molecule has 0 aliphatic rings. The average molecular weight is 369 g/mol. The summed E-state index contributed by atoms with van der Waals surface area (Å²) in [5.74, 6) is -0.295. The summed E-state index contributed by atoms with van der Waals surface area (Å²) >= 11 is 0. The minimum Gasteiger partial charge on any atom is -0.406 e. The molecule has 1 aromatic rings. The van der Waals surface area contributed by atoms with Crippen LogP contribution in [0.15, 0.2) is 24.3 Å². The van der Waals surface area contributed by atoms with E-state index in [0.717, 1.165) is 5.56 Å². The fraction of sp³-hybridized carbons (Fsp3) is 0.562. The van der Waals surface area contributed by atoms with Crippen molar-refractivity contribution in [2.24, 2.45) is 11.1 Å². The summed E-state index contributed by atoms with van der Waals surface area (Å²) in [7, 11) is 1.72. The first-order chi connectivity index (χ1) is 10.5. The molecule has 0 saturated carbocycles. The third kappa shape index (κ3) is 8.40. The number of nitrogens with zero attached hydrogens (tertiary/aromatic N) is 1. The van der Waals surface area contributed by atoms with E-state index in [-0.39, 0.29) is 35.9 Å². The van der Waals surface area contributed by atoms with Gasteiger partial charge in [-0.2, -0.15) is 0 Å². The van der Waals surface area contributed by atoms with Crippen LogP contribution >= 0.6 is 12.4 Å². The van der Waals surface area contributed by atoms with Gasteiger partial charge in [-0.1, -0.05) is 26.0 Å². The molecular formula is C16H24ClF3N2O2. The van der Waals surface area contributed by atoms with E-state index in [1.54, 1.807) is 11.9 Å². The molecule has 0 bridgehead atoms. The van der Waals surface area contributed by atoms with Crippen LogP contribution in [0.2, 0.25) is 0 Å². The van der Waals surface area contributed by atoms with Crippen LogP contribution in [0.4, 0.5) is 13.2 Å². The van der Waals surface area contributed by atoms with Gasteiger partial charge in [0.05, 0.1) is 0 Å². The Morgan fingerprint density at radius 1 is 1.21 bits per heavy atom. The lowest BCUT2D eigenvalue weighted by atomic mass is 9.93. The normalized spacial score (nSPS) is 11.6. The van der Waals surface area contributed by atoms with Crippen LogP contribution in [0, 0.1) is 5.41 Å². The summed E-state index contributed by atoms with van der Waals surface area (Å²) in [6, 6.07) is 5.54. The van der Waals surface area contributed by atoms with Gasteiger partial charge in [-0.15, -0.1) is 25.6 Å². The van der Waals surface area contributed by atoms with Crippen LogP contribution in [-0.4, -0.2) is 37.3 Å². The third-order valence-corrected chi connectivity index (χ3v) is 3.43. The zero-order valence-corrected chi connectivity index (χ0v) is 14.8. The van der Waals surface area contributed by atoms with Gasteiger partial charge >= 0.3 is 6.36 Å². The summed E-state index contributed by atoms with van der Waals surface area (Å²) in [5.41, 5.74) is 6.27. The Morgan fingerprint density at radius 3 is 2.21 bits per heavy atom. The lowest BCUT2D eigenvalue weighted by Gasteiger charge is -2.29. The van der Waals surface area contributed by atoms with E-state index in [4.69, 9.17) is 5.73 Å². The second-order valence-electron chi connectivity index (χ2n) is 6.31. The number of hydrogen-bond acceptors (Lipinski definition) is 3. The molecule has 0 aliphatic heterocycles. The summed E-state index contributed by atoms with van der Waals surface area (Å²) in [6.45, 7) is 5.00. The fourth-order valence-electron chi connectivity index (χ4n) is 2.09. The highest BCUT2D eigenvalue weighted by atomic mass is 35.5. The zero-order chi connectivity index (χ0) is 17.7. The predicted molar refractivity (Wildman–Crippen MR) is 89.2 cm³/mol. The van der Waals surface area contributed by atoms with Crippen LogP contribution in [-0.2, 0) is 11.2 Å². The van der Waals surface area contributed by atoms with E-state index in [1.807, 2.05) is 13.8 Å². The topological polar surface area (TPSA) is 55.6 Å². The van der Waals surface area contributed by atoms with Gasteiger partial charge in [-0.05, 0) is 36.1 Å². The Bertz CT molecular complexity index is 519. The lowest BCUT2D eigenvalue weighted by Crippen LogP contribution is -2.39. The zero-order valence-electron chi connectivity index (χ0n) is 14.0. The first kappa shape index (κ1) is 22.5. The van der Waals surface area contributed by atoms with E-state index < -0.39 is 6.36 Å². The molecule has 138 valence electrons. The molecule has 0 aliphatic carbocycles. The smallest absolute Gasteiger partial charge is 0.406 e. The van der Waals surface area contributed by atoms with Gasteiger partial charge in [0.15, 0.2) is 0 Å². The molecule has 8 heteroatoms. The molecule has 0 fully saturated rings. The first-order valence-electron chi connectivity index (χ1n) is 7.31. The molecule has 4 nitrogen and oxygen atoms in total. The summed E-state index contributed by atoms with van der Waals surface area (Å²) in [4.78, 5) is 13.7. The largest absolute Gasteiger partial charge is 0.573 e. The van der Waals surface area contributed by atoms with Gasteiger partial charge in [0.1, 0.15) is 5.75 Å². The minimum atomic E-state index is -4.70. The quantitative estimate of drug-likeness (QED) is 0.802. The Balaban J connectivity index is 0.00000529. The number of nitrogens with two attached hydrogens (primary N) is 1. The Labute approximate surface area is 146 Å². The van der Waals surface area contributed by atoms with E-state index in [2.05, 4.69) is 4.74 Å². The van der Waals surface area contributed by atoms with Crippen LogP contribution < -0.4 is 10.5 Å². The molecule has 0 heterocycles. The van der Waals surface area contributed by atoms with Crippen molar-refractivity contribution in [3.8, 4) is 5.75 Å². The van der Waals surface area contributed by atoms with Crippen molar-refractivity contribution >= 4 is 18.3 Å². The number of carbonyl (C=O) groups is 1. The van der Waals surface area contributed by atoms with E-state index >= 15 is 0 Å². The third-order valence-electron chi connectivity index (χ3n) is 3.43. The van der Waals surface area contributed by atoms with Crippen LogP contribution in [0.3, 0.4) is 0 Å². The van der Waals surface area contributed by atoms with Crippen LogP contribution in [0.5, 0.6) is 5.75 Å². The van der Waals surface area contributed by atoms with Crippen molar-refractivity contribution in [2.45, 2.75) is 33.1 Å². The summed E-state index contributed by atoms with van der Waals surface area (Å²) < 4.78 is 40.0. The van der Waals surface area contributed by atoms with Crippen molar-refractivity contribution in [2.75, 3.05) is 20.1 Å². The highest BCUT2D eigenvalue weighted by Crippen LogP contribution is 2.23.